The van der Waals surface area contributed by atoms with Gasteiger partial charge in [0.1, 0.15) is 9.96 Å². The first-order valence-electron chi connectivity index (χ1n) is 10.3. The summed E-state index contributed by atoms with van der Waals surface area (Å²) in [6.45, 7) is 3.59. The molecule has 1 amide bonds. The third-order valence-electron chi connectivity index (χ3n) is 5.74. The van der Waals surface area contributed by atoms with Crippen molar-refractivity contribution >= 4 is 33.0 Å². The Bertz CT molecular complexity index is 974. The largest absolute Gasteiger partial charge is 0.497 e. The number of piperidine rings is 1. The minimum absolute atomic E-state index is 0.0586. The SMILES string of the molecule is COc1ccc(N2CCN(S(=O)(=O)c3cc(C(=O)N4CCCCC4)cs3)CC2)cc1. The van der Waals surface area contributed by atoms with E-state index in [0.717, 1.165) is 55.1 Å². The van der Waals surface area contributed by atoms with Gasteiger partial charge in [0.15, 0.2) is 0 Å². The minimum atomic E-state index is -3.59. The van der Waals surface area contributed by atoms with E-state index in [9.17, 15) is 13.2 Å². The van der Waals surface area contributed by atoms with Crippen molar-refractivity contribution in [1.82, 2.24) is 9.21 Å². The van der Waals surface area contributed by atoms with Gasteiger partial charge in [-0.05, 0) is 49.6 Å². The lowest BCUT2D eigenvalue weighted by atomic mass is 10.1. The first kappa shape index (κ1) is 21.1. The second-order valence-corrected chi connectivity index (χ2v) is 10.7. The van der Waals surface area contributed by atoms with Gasteiger partial charge in [-0.3, -0.25) is 4.79 Å². The van der Waals surface area contributed by atoms with Crippen molar-refractivity contribution in [3.05, 3.63) is 41.3 Å². The van der Waals surface area contributed by atoms with Crippen molar-refractivity contribution in [2.75, 3.05) is 51.3 Å². The number of ether oxygens (including phenoxy) is 1. The lowest BCUT2D eigenvalue weighted by Gasteiger charge is -2.35. The molecule has 0 spiro atoms. The molecule has 0 aliphatic carbocycles. The minimum Gasteiger partial charge on any atom is -0.497 e. The fraction of sp³-hybridized carbons (Fsp3) is 0.476. The van der Waals surface area contributed by atoms with Crippen LogP contribution in [0.1, 0.15) is 29.6 Å². The van der Waals surface area contributed by atoms with Gasteiger partial charge in [-0.1, -0.05) is 0 Å². The van der Waals surface area contributed by atoms with Crippen molar-refractivity contribution in [1.29, 1.82) is 0 Å². The zero-order valence-electron chi connectivity index (χ0n) is 17.1. The van der Waals surface area contributed by atoms with E-state index in [1.165, 1.54) is 4.31 Å². The standard InChI is InChI=1S/C21H27N3O4S2/c1-28-19-7-5-18(6-8-19)22-11-13-24(14-12-22)30(26,27)20-15-17(16-29-20)21(25)23-9-3-2-4-10-23/h5-8,15-16H,2-4,9-14H2,1H3. The number of amides is 1. The molecule has 0 radical (unpaired) electrons. The lowest BCUT2D eigenvalue weighted by molar-refractivity contribution is 0.0724. The van der Waals surface area contributed by atoms with Crippen LogP contribution in [0.5, 0.6) is 5.75 Å². The molecule has 4 rings (SSSR count). The number of nitrogens with zero attached hydrogens (tertiary/aromatic N) is 3. The summed E-state index contributed by atoms with van der Waals surface area (Å²) in [4.78, 5) is 16.7. The van der Waals surface area contributed by atoms with Crippen LogP contribution in [0.25, 0.3) is 0 Å². The summed E-state index contributed by atoms with van der Waals surface area (Å²) in [7, 11) is -1.95. The number of thiophene rings is 1. The zero-order chi connectivity index (χ0) is 21.1. The number of methoxy groups -OCH3 is 1. The summed E-state index contributed by atoms with van der Waals surface area (Å²) < 4.78 is 33.2. The molecule has 0 bridgehead atoms. The van der Waals surface area contributed by atoms with Gasteiger partial charge in [-0.25, -0.2) is 8.42 Å². The van der Waals surface area contributed by atoms with Gasteiger partial charge >= 0.3 is 0 Å². The summed E-state index contributed by atoms with van der Waals surface area (Å²) in [6, 6.07) is 9.34. The van der Waals surface area contributed by atoms with Crippen molar-refractivity contribution in [2.24, 2.45) is 0 Å². The monoisotopic (exact) mass is 449 g/mol. The molecule has 0 atom stereocenters. The second-order valence-electron chi connectivity index (χ2n) is 7.60. The van der Waals surface area contributed by atoms with Crippen molar-refractivity contribution in [3.8, 4) is 5.75 Å². The fourth-order valence-electron chi connectivity index (χ4n) is 3.95. The molecule has 1 aromatic carbocycles. The number of hydrogen-bond donors (Lipinski definition) is 0. The Morgan fingerprint density at radius 2 is 1.63 bits per heavy atom. The second kappa shape index (κ2) is 8.95. The average Bonchev–Trinajstić information content (AvgIpc) is 3.30. The molecule has 0 N–H and O–H groups in total. The summed E-state index contributed by atoms with van der Waals surface area (Å²) in [5.41, 5.74) is 1.54. The lowest BCUT2D eigenvalue weighted by Crippen LogP contribution is -2.48. The van der Waals surface area contributed by atoms with Gasteiger partial charge in [0, 0.05) is 50.3 Å². The van der Waals surface area contributed by atoms with E-state index in [4.69, 9.17) is 4.74 Å². The van der Waals surface area contributed by atoms with Crippen LogP contribution in [-0.4, -0.2) is 69.9 Å². The van der Waals surface area contributed by atoms with Gasteiger partial charge in [0.2, 0.25) is 0 Å². The Hall–Kier alpha value is -2.10. The van der Waals surface area contributed by atoms with Crippen LogP contribution in [0.2, 0.25) is 0 Å². The number of carbonyl (C=O) groups excluding carboxylic acids is 1. The maximum absolute atomic E-state index is 13.1. The number of carbonyl (C=O) groups is 1. The van der Waals surface area contributed by atoms with E-state index in [0.29, 0.717) is 31.7 Å². The third kappa shape index (κ3) is 4.33. The molecule has 2 fully saturated rings. The summed E-state index contributed by atoms with van der Waals surface area (Å²) in [6.07, 6.45) is 3.18. The van der Waals surface area contributed by atoms with E-state index in [2.05, 4.69) is 4.90 Å². The van der Waals surface area contributed by atoms with Crippen molar-refractivity contribution in [2.45, 2.75) is 23.5 Å². The molecule has 2 aliphatic rings. The smallest absolute Gasteiger partial charge is 0.254 e. The molecule has 2 aromatic rings. The van der Waals surface area contributed by atoms with Gasteiger partial charge in [-0.15, -0.1) is 11.3 Å². The highest BCUT2D eigenvalue weighted by atomic mass is 32.2. The van der Waals surface area contributed by atoms with E-state index in [-0.39, 0.29) is 10.1 Å². The molecular formula is C21H27N3O4S2. The van der Waals surface area contributed by atoms with Crippen molar-refractivity contribution < 1.29 is 17.9 Å². The van der Waals surface area contributed by atoms with Gasteiger partial charge in [0.05, 0.1) is 12.7 Å². The molecule has 1 aromatic heterocycles. The average molecular weight is 450 g/mol. The molecule has 0 unspecified atom stereocenters. The topological polar surface area (TPSA) is 70.2 Å². The summed E-state index contributed by atoms with van der Waals surface area (Å²) in [5, 5.41) is 1.68. The van der Waals surface area contributed by atoms with E-state index < -0.39 is 10.0 Å². The van der Waals surface area contributed by atoms with Gasteiger partial charge in [-0.2, -0.15) is 4.31 Å². The van der Waals surface area contributed by atoms with Gasteiger partial charge < -0.3 is 14.5 Å². The highest BCUT2D eigenvalue weighted by Crippen LogP contribution is 2.27. The maximum atomic E-state index is 13.1. The zero-order valence-corrected chi connectivity index (χ0v) is 18.8. The van der Waals surface area contributed by atoms with E-state index in [1.807, 2.05) is 29.2 Å². The number of benzene rings is 1. The molecule has 3 heterocycles. The predicted molar refractivity (Wildman–Crippen MR) is 118 cm³/mol. The highest BCUT2D eigenvalue weighted by molar-refractivity contribution is 7.91. The van der Waals surface area contributed by atoms with Crippen LogP contribution >= 0.6 is 11.3 Å². The normalized spacial score (nSPS) is 18.4. The number of piperazine rings is 1. The van der Waals surface area contributed by atoms with E-state index in [1.54, 1.807) is 18.6 Å². The highest BCUT2D eigenvalue weighted by Gasteiger charge is 2.31. The molecule has 2 aliphatic heterocycles. The van der Waals surface area contributed by atoms with Crippen LogP contribution < -0.4 is 9.64 Å². The quantitative estimate of drug-likeness (QED) is 0.702. The van der Waals surface area contributed by atoms with Crippen LogP contribution in [0.15, 0.2) is 39.9 Å². The summed E-state index contributed by atoms with van der Waals surface area (Å²) >= 11 is 1.14. The maximum Gasteiger partial charge on any atom is 0.254 e. The molecule has 162 valence electrons. The number of hydrogen-bond acceptors (Lipinski definition) is 6. The van der Waals surface area contributed by atoms with E-state index >= 15 is 0 Å². The summed E-state index contributed by atoms with van der Waals surface area (Å²) in [5.74, 6) is 0.740. The third-order valence-corrected chi connectivity index (χ3v) is 9.05. The number of anilines is 1. The van der Waals surface area contributed by atoms with Crippen molar-refractivity contribution in [3.63, 3.8) is 0 Å². The molecule has 7 nitrogen and oxygen atoms in total. The Kier molecular flexibility index (Phi) is 6.31. The Balaban J connectivity index is 1.40. The number of rotatable bonds is 5. The van der Waals surface area contributed by atoms with Crippen LogP contribution in [0, 0.1) is 0 Å². The van der Waals surface area contributed by atoms with Gasteiger partial charge in [0.25, 0.3) is 15.9 Å². The predicted octanol–water partition coefficient (Wildman–Crippen LogP) is 2.89. The van der Waals surface area contributed by atoms with Crippen LogP contribution in [-0.2, 0) is 10.0 Å². The van der Waals surface area contributed by atoms with Crippen LogP contribution in [0.4, 0.5) is 5.69 Å². The Labute approximate surface area is 181 Å². The number of sulfonamides is 1. The molecule has 0 saturated carbocycles. The first-order chi connectivity index (χ1) is 14.5. The van der Waals surface area contributed by atoms with Crippen LogP contribution in [0.3, 0.4) is 0 Å². The Morgan fingerprint density at radius 1 is 0.967 bits per heavy atom. The molecule has 30 heavy (non-hydrogen) atoms. The molecular weight excluding hydrogens is 422 g/mol. The first-order valence-corrected chi connectivity index (χ1v) is 12.6. The molecule has 2 saturated heterocycles. The Morgan fingerprint density at radius 3 is 2.27 bits per heavy atom. The molecule has 9 heteroatoms. The fourth-order valence-corrected chi connectivity index (χ4v) is 6.68. The number of likely N-dealkylation sites (tertiary alicyclic amines) is 1.